The molecular weight excluding hydrogens is 202 g/mol. The van der Waals surface area contributed by atoms with Crippen molar-refractivity contribution >= 4 is 11.9 Å². The molecule has 0 bridgehead atoms. The molecule has 1 unspecified atom stereocenters. The van der Waals surface area contributed by atoms with E-state index in [9.17, 15) is 9.59 Å². The lowest BCUT2D eigenvalue weighted by Crippen LogP contribution is -2.44. The van der Waals surface area contributed by atoms with Gasteiger partial charge in [0.05, 0.1) is 6.61 Å². The highest BCUT2D eigenvalue weighted by Gasteiger charge is 2.23. The Morgan fingerprint density at radius 2 is 1.93 bits per heavy atom. The van der Waals surface area contributed by atoms with Gasteiger partial charge in [0, 0.05) is 6.08 Å². The molecule has 0 aliphatic heterocycles. The Balaban J connectivity index is 4.60. The summed E-state index contributed by atoms with van der Waals surface area (Å²) in [6, 6.07) is 0. The van der Waals surface area contributed by atoms with Gasteiger partial charge < -0.3 is 14.9 Å². The van der Waals surface area contributed by atoms with E-state index in [1.807, 2.05) is 0 Å². The van der Waals surface area contributed by atoms with Crippen LogP contribution in [0.5, 0.6) is 0 Å². The molecule has 1 atom stereocenters. The van der Waals surface area contributed by atoms with Crippen LogP contribution in [-0.2, 0) is 14.3 Å². The number of hydrogen-bond acceptors (Lipinski definition) is 5. The van der Waals surface area contributed by atoms with Gasteiger partial charge in [0.25, 0.3) is 5.91 Å². The second kappa shape index (κ2) is 6.74. The predicted molar refractivity (Wildman–Crippen MR) is 51.3 cm³/mol. The third-order valence-corrected chi connectivity index (χ3v) is 1.53. The minimum Gasteiger partial charge on any atom is -0.436 e. The lowest BCUT2D eigenvalue weighted by molar-refractivity contribution is -0.168. The van der Waals surface area contributed by atoms with E-state index in [0.29, 0.717) is 0 Å². The highest BCUT2D eigenvalue weighted by Crippen LogP contribution is 2.02. The molecule has 0 aliphatic rings. The van der Waals surface area contributed by atoms with Crippen molar-refractivity contribution in [3.63, 3.8) is 0 Å². The molecular formula is C9H13NO5. The Morgan fingerprint density at radius 1 is 1.33 bits per heavy atom. The number of amides is 1. The highest BCUT2D eigenvalue weighted by molar-refractivity contribution is 5.87. The summed E-state index contributed by atoms with van der Waals surface area (Å²) in [7, 11) is 0. The molecule has 2 N–H and O–H groups in total. The number of ether oxygens (including phenoxy) is 1. The molecule has 0 spiro atoms. The van der Waals surface area contributed by atoms with Gasteiger partial charge in [-0.2, -0.15) is 0 Å². The summed E-state index contributed by atoms with van der Waals surface area (Å²) in [6.07, 6.45) is 0.572. The Bertz CT molecular complexity index is 263. The molecule has 15 heavy (non-hydrogen) atoms. The molecule has 0 aliphatic carbocycles. The maximum atomic E-state index is 11.1. The molecule has 0 rings (SSSR count). The maximum absolute atomic E-state index is 11.1. The van der Waals surface area contributed by atoms with Gasteiger partial charge in [0.15, 0.2) is 0 Å². The van der Waals surface area contributed by atoms with Gasteiger partial charge in [0.1, 0.15) is 6.73 Å². The van der Waals surface area contributed by atoms with Crippen molar-refractivity contribution in [2.24, 2.45) is 0 Å². The SMILES string of the molecule is C=CC(=O)OC(CO)N(CO)C(=O)C=C. The minimum atomic E-state index is -1.24. The van der Waals surface area contributed by atoms with Gasteiger partial charge in [-0.15, -0.1) is 0 Å². The van der Waals surface area contributed by atoms with Crippen LogP contribution in [-0.4, -0.2) is 46.6 Å². The third kappa shape index (κ3) is 3.92. The lowest BCUT2D eigenvalue weighted by atomic mass is 10.4. The van der Waals surface area contributed by atoms with Crippen LogP contribution >= 0.6 is 0 Å². The molecule has 0 aromatic rings. The van der Waals surface area contributed by atoms with E-state index < -0.39 is 31.4 Å². The largest absolute Gasteiger partial charge is 0.436 e. The zero-order valence-electron chi connectivity index (χ0n) is 8.13. The first-order valence-electron chi connectivity index (χ1n) is 4.08. The van der Waals surface area contributed by atoms with E-state index in [4.69, 9.17) is 10.2 Å². The van der Waals surface area contributed by atoms with E-state index >= 15 is 0 Å². The number of hydrogen-bond donors (Lipinski definition) is 2. The number of carbonyl (C=O) groups excluding carboxylic acids is 2. The fraction of sp³-hybridized carbons (Fsp3) is 0.333. The second-order valence-electron chi connectivity index (χ2n) is 2.43. The Labute approximate surface area is 87.1 Å². The Morgan fingerprint density at radius 3 is 2.27 bits per heavy atom. The molecule has 84 valence electrons. The number of carbonyl (C=O) groups is 2. The van der Waals surface area contributed by atoms with Gasteiger partial charge in [-0.3, -0.25) is 9.69 Å². The molecule has 6 heteroatoms. The van der Waals surface area contributed by atoms with E-state index in [1.165, 1.54) is 0 Å². The molecule has 0 fully saturated rings. The number of aliphatic hydroxyl groups is 2. The smallest absolute Gasteiger partial charge is 0.332 e. The average molecular weight is 215 g/mol. The molecule has 0 aromatic heterocycles. The van der Waals surface area contributed by atoms with Crippen LogP contribution in [0.1, 0.15) is 0 Å². The van der Waals surface area contributed by atoms with Gasteiger partial charge in [0.2, 0.25) is 6.23 Å². The topological polar surface area (TPSA) is 87.1 Å². The van der Waals surface area contributed by atoms with E-state index in [1.54, 1.807) is 0 Å². The second-order valence-corrected chi connectivity index (χ2v) is 2.43. The third-order valence-electron chi connectivity index (χ3n) is 1.53. The molecule has 0 heterocycles. The summed E-state index contributed by atoms with van der Waals surface area (Å²) in [5.41, 5.74) is 0. The van der Waals surface area contributed by atoms with Crippen LogP contribution in [0.25, 0.3) is 0 Å². The van der Waals surface area contributed by atoms with Crippen molar-refractivity contribution in [2.75, 3.05) is 13.3 Å². The minimum absolute atomic E-state index is 0.625. The molecule has 1 amide bonds. The fourth-order valence-electron chi connectivity index (χ4n) is 0.802. The van der Waals surface area contributed by atoms with E-state index in [-0.39, 0.29) is 0 Å². The molecule has 0 saturated carbocycles. The van der Waals surface area contributed by atoms with Crippen LogP contribution in [0.2, 0.25) is 0 Å². The lowest BCUT2D eigenvalue weighted by Gasteiger charge is -2.26. The van der Waals surface area contributed by atoms with Crippen molar-refractivity contribution < 1.29 is 24.5 Å². The van der Waals surface area contributed by atoms with Gasteiger partial charge in [-0.1, -0.05) is 13.2 Å². The van der Waals surface area contributed by atoms with Crippen LogP contribution < -0.4 is 0 Å². The van der Waals surface area contributed by atoms with Crippen LogP contribution in [0.3, 0.4) is 0 Å². The van der Waals surface area contributed by atoms with Gasteiger partial charge >= 0.3 is 5.97 Å². The van der Waals surface area contributed by atoms with Gasteiger partial charge in [-0.05, 0) is 6.08 Å². The first-order chi connectivity index (χ1) is 7.10. The Kier molecular flexibility index (Phi) is 6.00. The zero-order chi connectivity index (χ0) is 11.8. The normalized spacial score (nSPS) is 11.3. The molecule has 0 radical (unpaired) electrons. The first-order valence-corrected chi connectivity index (χ1v) is 4.08. The number of esters is 1. The van der Waals surface area contributed by atoms with Crippen molar-refractivity contribution in [3.8, 4) is 0 Å². The summed E-state index contributed by atoms with van der Waals surface area (Å²) >= 11 is 0. The van der Waals surface area contributed by atoms with Gasteiger partial charge in [-0.25, -0.2) is 4.79 Å². The molecule has 0 aromatic carbocycles. The van der Waals surface area contributed by atoms with E-state index in [2.05, 4.69) is 17.9 Å². The zero-order valence-corrected chi connectivity index (χ0v) is 8.13. The first kappa shape index (κ1) is 13.3. The quantitative estimate of drug-likeness (QED) is 0.337. The van der Waals surface area contributed by atoms with E-state index in [0.717, 1.165) is 17.1 Å². The van der Waals surface area contributed by atoms with Crippen LogP contribution in [0.4, 0.5) is 0 Å². The standard InChI is InChI=1S/C9H13NO5/c1-3-7(13)10(6-12)8(5-11)15-9(14)4-2/h3-4,8,11-12H,1-2,5-6H2. The summed E-state index contributed by atoms with van der Waals surface area (Å²) in [5.74, 6) is -1.46. The Hall–Kier alpha value is -1.66. The molecule has 6 nitrogen and oxygen atoms in total. The highest BCUT2D eigenvalue weighted by atomic mass is 16.6. The number of rotatable bonds is 6. The van der Waals surface area contributed by atoms with Crippen LogP contribution in [0.15, 0.2) is 25.3 Å². The maximum Gasteiger partial charge on any atom is 0.332 e. The van der Waals surface area contributed by atoms with Crippen molar-refractivity contribution in [2.45, 2.75) is 6.23 Å². The predicted octanol–water partition coefficient (Wildman–Crippen LogP) is -1.00. The van der Waals surface area contributed by atoms with Crippen LogP contribution in [0, 0.1) is 0 Å². The average Bonchev–Trinajstić information content (AvgIpc) is 2.27. The molecule has 0 saturated heterocycles. The van der Waals surface area contributed by atoms with Crippen molar-refractivity contribution in [3.05, 3.63) is 25.3 Å². The fourth-order valence-corrected chi connectivity index (χ4v) is 0.802. The summed E-state index contributed by atoms with van der Waals surface area (Å²) in [6.45, 7) is 5.04. The van der Waals surface area contributed by atoms with Crippen molar-refractivity contribution in [1.82, 2.24) is 4.90 Å². The monoisotopic (exact) mass is 215 g/mol. The summed E-state index contributed by atoms with van der Waals surface area (Å²) in [4.78, 5) is 22.7. The van der Waals surface area contributed by atoms with Crippen molar-refractivity contribution in [1.29, 1.82) is 0 Å². The summed E-state index contributed by atoms with van der Waals surface area (Å²) in [5, 5.41) is 17.7. The summed E-state index contributed by atoms with van der Waals surface area (Å²) < 4.78 is 4.62. The number of aliphatic hydroxyl groups excluding tert-OH is 2. The number of nitrogens with zero attached hydrogens (tertiary/aromatic N) is 1.